The van der Waals surface area contributed by atoms with Gasteiger partial charge in [-0.25, -0.2) is 4.79 Å². The highest BCUT2D eigenvalue weighted by Crippen LogP contribution is 2.29. The summed E-state index contributed by atoms with van der Waals surface area (Å²) >= 11 is 0. The van der Waals surface area contributed by atoms with E-state index in [9.17, 15) is 19.5 Å². The van der Waals surface area contributed by atoms with E-state index in [1.54, 1.807) is 11.5 Å². The third kappa shape index (κ3) is 2.52. The van der Waals surface area contributed by atoms with Gasteiger partial charge in [0.1, 0.15) is 12.1 Å². The summed E-state index contributed by atoms with van der Waals surface area (Å²) in [7, 11) is 0. The average molecular weight is 264 g/mol. The summed E-state index contributed by atoms with van der Waals surface area (Å²) in [5.74, 6) is -1.22. The van der Waals surface area contributed by atoms with Gasteiger partial charge in [-0.15, -0.1) is 0 Å². The number of aromatic nitrogens is 1. The molecule has 6 nitrogen and oxygen atoms in total. The Kier molecular flexibility index (Phi) is 3.42. The predicted molar refractivity (Wildman–Crippen MR) is 67.7 cm³/mol. The van der Waals surface area contributed by atoms with Crippen LogP contribution < -0.4 is 5.43 Å². The van der Waals surface area contributed by atoms with E-state index in [1.165, 1.54) is 29.4 Å². The van der Waals surface area contributed by atoms with Gasteiger partial charge in [-0.05, 0) is 19.8 Å². The molecule has 1 amide bonds. The molecule has 0 bridgehead atoms. The smallest absolute Gasteiger partial charge is 0.329 e. The van der Waals surface area contributed by atoms with Gasteiger partial charge in [0.25, 0.3) is 0 Å². The van der Waals surface area contributed by atoms with E-state index in [-0.39, 0.29) is 17.9 Å². The standard InChI is InChI=1S/C13H16N2O4/c1-13(12(18)19)5-2-6-15(13)11(17)9-14-7-3-10(16)4-8-14/h3-4,7-8H,2,5-6,9H2,1H3,(H,18,19)/t13-/m0/s1. The maximum Gasteiger partial charge on any atom is 0.329 e. The number of hydrogen-bond donors (Lipinski definition) is 1. The van der Waals surface area contributed by atoms with E-state index < -0.39 is 11.5 Å². The molecule has 1 N–H and O–H groups in total. The normalized spacial score (nSPS) is 22.5. The minimum Gasteiger partial charge on any atom is -0.480 e. The molecule has 0 saturated carbocycles. The van der Waals surface area contributed by atoms with Crippen LogP contribution in [0, 0.1) is 0 Å². The van der Waals surface area contributed by atoms with Crippen LogP contribution in [0.15, 0.2) is 29.3 Å². The fourth-order valence-electron chi connectivity index (χ4n) is 2.38. The second-order valence-corrected chi connectivity index (χ2v) is 4.93. The maximum absolute atomic E-state index is 12.2. The number of amides is 1. The van der Waals surface area contributed by atoms with Gasteiger partial charge in [0.2, 0.25) is 5.91 Å². The molecule has 6 heteroatoms. The summed E-state index contributed by atoms with van der Waals surface area (Å²) in [5, 5.41) is 9.25. The minimum atomic E-state index is -1.11. The van der Waals surface area contributed by atoms with E-state index in [0.717, 1.165) is 0 Å². The maximum atomic E-state index is 12.2. The summed E-state index contributed by atoms with van der Waals surface area (Å²) in [4.78, 5) is 35.9. The van der Waals surface area contributed by atoms with Crippen LogP contribution in [0.2, 0.25) is 0 Å². The largest absolute Gasteiger partial charge is 0.480 e. The van der Waals surface area contributed by atoms with Crippen molar-refractivity contribution in [1.82, 2.24) is 9.47 Å². The van der Waals surface area contributed by atoms with Crippen molar-refractivity contribution in [3.63, 3.8) is 0 Å². The molecule has 1 fully saturated rings. The number of carbonyl (C=O) groups excluding carboxylic acids is 1. The molecule has 0 aromatic carbocycles. The number of pyridine rings is 1. The zero-order valence-electron chi connectivity index (χ0n) is 10.7. The number of carbonyl (C=O) groups is 2. The number of aliphatic carboxylic acids is 1. The zero-order valence-corrected chi connectivity index (χ0v) is 10.7. The van der Waals surface area contributed by atoms with Gasteiger partial charge < -0.3 is 14.6 Å². The van der Waals surface area contributed by atoms with Crippen LogP contribution in [0.25, 0.3) is 0 Å². The highest BCUT2D eigenvalue weighted by atomic mass is 16.4. The van der Waals surface area contributed by atoms with Crippen molar-refractivity contribution in [2.75, 3.05) is 6.54 Å². The van der Waals surface area contributed by atoms with Crippen molar-refractivity contribution in [3.05, 3.63) is 34.7 Å². The summed E-state index contributed by atoms with van der Waals surface area (Å²) in [6, 6.07) is 2.74. The Balaban J connectivity index is 2.14. The van der Waals surface area contributed by atoms with Gasteiger partial charge in [-0.2, -0.15) is 0 Å². The molecule has 1 aromatic heterocycles. The molecule has 1 aromatic rings. The highest BCUT2D eigenvalue weighted by molar-refractivity contribution is 5.87. The van der Waals surface area contributed by atoms with Crippen molar-refractivity contribution in [2.45, 2.75) is 31.8 Å². The number of nitrogens with zero attached hydrogens (tertiary/aromatic N) is 2. The van der Waals surface area contributed by atoms with Crippen LogP contribution in [0.5, 0.6) is 0 Å². The number of likely N-dealkylation sites (tertiary alicyclic amines) is 1. The van der Waals surface area contributed by atoms with E-state index >= 15 is 0 Å². The lowest BCUT2D eigenvalue weighted by Crippen LogP contribution is -2.51. The first kappa shape index (κ1) is 13.3. The quantitative estimate of drug-likeness (QED) is 0.852. The van der Waals surface area contributed by atoms with Crippen LogP contribution in [-0.4, -0.2) is 38.5 Å². The van der Waals surface area contributed by atoms with E-state index in [2.05, 4.69) is 0 Å². The summed E-state index contributed by atoms with van der Waals surface area (Å²) < 4.78 is 1.57. The second-order valence-electron chi connectivity index (χ2n) is 4.93. The first-order valence-corrected chi connectivity index (χ1v) is 6.13. The third-order valence-electron chi connectivity index (χ3n) is 3.58. The fraction of sp³-hybridized carbons (Fsp3) is 0.462. The first-order chi connectivity index (χ1) is 8.93. The Hall–Kier alpha value is -2.11. The van der Waals surface area contributed by atoms with Crippen molar-refractivity contribution >= 4 is 11.9 Å². The average Bonchev–Trinajstić information content (AvgIpc) is 2.76. The van der Waals surface area contributed by atoms with Crippen molar-refractivity contribution in [3.8, 4) is 0 Å². The van der Waals surface area contributed by atoms with Crippen molar-refractivity contribution in [2.24, 2.45) is 0 Å². The molecule has 2 heterocycles. The Bertz CT molecular complexity index is 546. The van der Waals surface area contributed by atoms with Crippen LogP contribution in [0.1, 0.15) is 19.8 Å². The molecule has 0 radical (unpaired) electrons. The number of hydrogen-bond acceptors (Lipinski definition) is 3. The van der Waals surface area contributed by atoms with Crippen molar-refractivity contribution in [1.29, 1.82) is 0 Å². The van der Waals surface area contributed by atoms with Gasteiger partial charge in [0, 0.05) is 31.1 Å². The van der Waals surface area contributed by atoms with Gasteiger partial charge in [0.05, 0.1) is 0 Å². The number of rotatable bonds is 3. The Morgan fingerprint density at radius 3 is 2.58 bits per heavy atom. The summed E-state index contributed by atoms with van der Waals surface area (Å²) in [6.07, 6.45) is 4.21. The first-order valence-electron chi connectivity index (χ1n) is 6.13. The Morgan fingerprint density at radius 1 is 1.37 bits per heavy atom. The van der Waals surface area contributed by atoms with Gasteiger partial charge in [-0.1, -0.05) is 0 Å². The molecule has 1 saturated heterocycles. The van der Waals surface area contributed by atoms with Crippen LogP contribution in [-0.2, 0) is 16.1 Å². The summed E-state index contributed by atoms with van der Waals surface area (Å²) in [6.45, 7) is 2.08. The minimum absolute atomic E-state index is 0.0448. The third-order valence-corrected chi connectivity index (χ3v) is 3.58. The van der Waals surface area contributed by atoms with E-state index in [0.29, 0.717) is 19.4 Å². The molecule has 19 heavy (non-hydrogen) atoms. The lowest BCUT2D eigenvalue weighted by Gasteiger charge is -2.31. The van der Waals surface area contributed by atoms with E-state index in [1.807, 2.05) is 0 Å². The molecule has 1 aliphatic rings. The molecular weight excluding hydrogens is 248 g/mol. The molecule has 0 spiro atoms. The van der Waals surface area contributed by atoms with E-state index in [4.69, 9.17) is 0 Å². The number of carboxylic acids is 1. The Morgan fingerprint density at radius 2 is 2.00 bits per heavy atom. The van der Waals surface area contributed by atoms with Gasteiger partial charge >= 0.3 is 5.97 Å². The molecular formula is C13H16N2O4. The van der Waals surface area contributed by atoms with Crippen LogP contribution >= 0.6 is 0 Å². The molecule has 1 aliphatic heterocycles. The lowest BCUT2D eigenvalue weighted by atomic mass is 9.99. The van der Waals surface area contributed by atoms with Gasteiger partial charge in [-0.3, -0.25) is 9.59 Å². The van der Waals surface area contributed by atoms with Crippen LogP contribution in [0.3, 0.4) is 0 Å². The lowest BCUT2D eigenvalue weighted by molar-refractivity contribution is -0.155. The molecule has 0 aliphatic carbocycles. The Labute approximate surface area is 110 Å². The monoisotopic (exact) mass is 264 g/mol. The molecule has 102 valence electrons. The predicted octanol–water partition coefficient (Wildman–Crippen LogP) is 0.314. The fourth-order valence-corrected chi connectivity index (χ4v) is 2.38. The van der Waals surface area contributed by atoms with Crippen LogP contribution in [0.4, 0.5) is 0 Å². The zero-order chi connectivity index (χ0) is 14.0. The molecule has 1 atom stereocenters. The molecule has 2 rings (SSSR count). The van der Waals surface area contributed by atoms with Gasteiger partial charge in [0.15, 0.2) is 5.43 Å². The number of carboxylic acid groups (broad SMARTS) is 1. The topological polar surface area (TPSA) is 79.6 Å². The SMILES string of the molecule is C[C@@]1(C(=O)O)CCCN1C(=O)Cn1ccc(=O)cc1. The highest BCUT2D eigenvalue weighted by Gasteiger charge is 2.45. The second kappa shape index (κ2) is 4.87. The molecule has 0 unspecified atom stereocenters. The van der Waals surface area contributed by atoms with Crippen molar-refractivity contribution < 1.29 is 14.7 Å². The summed E-state index contributed by atoms with van der Waals surface area (Å²) in [5.41, 5.74) is -1.24.